The van der Waals surface area contributed by atoms with Gasteiger partial charge in [-0.1, -0.05) is 12.1 Å². The van der Waals surface area contributed by atoms with Crippen LogP contribution in [0, 0.1) is 0 Å². The normalized spacial score (nSPS) is 20.0. The minimum atomic E-state index is 0.305. The smallest absolute Gasteiger partial charge is 0.153 e. The summed E-state index contributed by atoms with van der Waals surface area (Å²) in [5.41, 5.74) is 2.64. The van der Waals surface area contributed by atoms with E-state index in [9.17, 15) is 0 Å². The molecule has 1 aromatic carbocycles. The fraction of sp³-hybridized carbons (Fsp3) is 0.438. The molecule has 0 aliphatic carbocycles. The molecule has 0 fully saturated rings. The van der Waals surface area contributed by atoms with E-state index in [4.69, 9.17) is 9.84 Å². The first-order chi connectivity index (χ1) is 10.4. The van der Waals surface area contributed by atoms with Crippen LogP contribution in [0.2, 0.25) is 0 Å². The fourth-order valence-electron chi connectivity index (χ4n) is 3.32. The number of nitrogens with one attached hydrogen (secondary N) is 2. The standard InChI is InChI=1S/C16H20N4O/c1-21-12-6-4-11(5-7-12)14-8-10-18-16-13-3-2-9-17-15(13)19-20(14)16/h4-7,14,18H,2-3,8-10H2,1H3,(H,17,19). The number of hydrogen-bond acceptors (Lipinski definition) is 4. The maximum Gasteiger partial charge on any atom is 0.153 e. The first-order valence-electron chi connectivity index (χ1n) is 7.60. The molecule has 0 saturated heterocycles. The first-order valence-corrected chi connectivity index (χ1v) is 7.60. The van der Waals surface area contributed by atoms with Crippen LogP contribution in [0.15, 0.2) is 24.3 Å². The summed E-state index contributed by atoms with van der Waals surface area (Å²) in [6.45, 7) is 2.02. The predicted octanol–water partition coefficient (Wildman–Crippen LogP) is 2.65. The lowest BCUT2D eigenvalue weighted by atomic mass is 10.0. The fourth-order valence-corrected chi connectivity index (χ4v) is 3.32. The highest BCUT2D eigenvalue weighted by Gasteiger charge is 2.28. The van der Waals surface area contributed by atoms with Crippen molar-refractivity contribution in [3.05, 3.63) is 35.4 Å². The van der Waals surface area contributed by atoms with Crippen LogP contribution in [-0.4, -0.2) is 30.0 Å². The van der Waals surface area contributed by atoms with Crippen molar-refractivity contribution in [1.82, 2.24) is 9.78 Å². The van der Waals surface area contributed by atoms with Crippen LogP contribution in [0.5, 0.6) is 5.75 Å². The van der Waals surface area contributed by atoms with Gasteiger partial charge in [-0.05, 0) is 37.0 Å². The molecule has 2 aromatic rings. The monoisotopic (exact) mass is 284 g/mol. The summed E-state index contributed by atoms with van der Waals surface area (Å²) in [6, 6.07) is 8.65. The second-order valence-corrected chi connectivity index (χ2v) is 5.66. The van der Waals surface area contributed by atoms with Gasteiger partial charge in [-0.2, -0.15) is 5.10 Å². The van der Waals surface area contributed by atoms with E-state index in [1.165, 1.54) is 23.4 Å². The molecule has 5 heteroatoms. The number of aromatic nitrogens is 2. The lowest BCUT2D eigenvalue weighted by molar-refractivity contribution is 0.414. The van der Waals surface area contributed by atoms with Gasteiger partial charge < -0.3 is 15.4 Å². The highest BCUT2D eigenvalue weighted by Crippen LogP contribution is 2.37. The van der Waals surface area contributed by atoms with Crippen LogP contribution >= 0.6 is 0 Å². The number of fused-ring (bicyclic) bond motifs is 3. The molecule has 1 atom stereocenters. The maximum atomic E-state index is 5.25. The highest BCUT2D eigenvalue weighted by molar-refractivity contribution is 5.62. The van der Waals surface area contributed by atoms with Crippen molar-refractivity contribution >= 4 is 11.6 Å². The van der Waals surface area contributed by atoms with Crippen molar-refractivity contribution in [2.24, 2.45) is 0 Å². The van der Waals surface area contributed by atoms with E-state index >= 15 is 0 Å². The number of benzene rings is 1. The van der Waals surface area contributed by atoms with E-state index in [1.54, 1.807) is 7.11 Å². The Kier molecular flexibility index (Phi) is 2.98. The molecule has 4 rings (SSSR count). The molecule has 2 aliphatic heterocycles. The van der Waals surface area contributed by atoms with E-state index in [2.05, 4.69) is 27.4 Å². The molecular formula is C16H20N4O. The highest BCUT2D eigenvalue weighted by atomic mass is 16.5. The van der Waals surface area contributed by atoms with Gasteiger partial charge in [0.25, 0.3) is 0 Å². The third-order valence-corrected chi connectivity index (χ3v) is 4.41. The minimum absolute atomic E-state index is 0.305. The van der Waals surface area contributed by atoms with Crippen molar-refractivity contribution in [3.8, 4) is 5.75 Å². The molecule has 0 bridgehead atoms. The molecule has 1 unspecified atom stereocenters. The third kappa shape index (κ3) is 2.04. The van der Waals surface area contributed by atoms with Crippen molar-refractivity contribution < 1.29 is 4.74 Å². The average Bonchev–Trinajstić information content (AvgIpc) is 2.94. The van der Waals surface area contributed by atoms with Crippen LogP contribution in [-0.2, 0) is 6.42 Å². The van der Waals surface area contributed by atoms with Gasteiger partial charge in [0.05, 0.1) is 13.2 Å². The molecule has 0 radical (unpaired) electrons. The summed E-state index contributed by atoms with van der Waals surface area (Å²) in [5, 5.41) is 11.8. The molecule has 21 heavy (non-hydrogen) atoms. The van der Waals surface area contributed by atoms with Crippen LogP contribution in [0.25, 0.3) is 0 Å². The molecule has 3 heterocycles. The molecule has 2 N–H and O–H groups in total. The van der Waals surface area contributed by atoms with Crippen molar-refractivity contribution in [2.75, 3.05) is 30.8 Å². The Morgan fingerprint density at radius 3 is 2.86 bits per heavy atom. The third-order valence-electron chi connectivity index (χ3n) is 4.41. The SMILES string of the molecule is COc1ccc(C2CCNc3c4c(nn32)NCCC4)cc1. The summed E-state index contributed by atoms with van der Waals surface area (Å²) in [6.07, 6.45) is 3.35. The van der Waals surface area contributed by atoms with Crippen LogP contribution < -0.4 is 15.4 Å². The van der Waals surface area contributed by atoms with E-state index < -0.39 is 0 Å². The Balaban J connectivity index is 1.74. The Morgan fingerprint density at radius 2 is 2.05 bits per heavy atom. The molecule has 0 spiro atoms. The Hall–Kier alpha value is -2.17. The largest absolute Gasteiger partial charge is 0.497 e. The second-order valence-electron chi connectivity index (χ2n) is 5.66. The van der Waals surface area contributed by atoms with E-state index in [-0.39, 0.29) is 0 Å². The summed E-state index contributed by atoms with van der Waals surface area (Å²) < 4.78 is 7.41. The molecule has 1 aromatic heterocycles. The van der Waals surface area contributed by atoms with E-state index in [1.807, 2.05) is 12.1 Å². The Bertz CT molecular complexity index is 647. The molecule has 5 nitrogen and oxygen atoms in total. The molecule has 110 valence electrons. The van der Waals surface area contributed by atoms with Gasteiger partial charge in [0.1, 0.15) is 11.6 Å². The van der Waals surface area contributed by atoms with Crippen LogP contribution in [0.1, 0.15) is 30.0 Å². The lowest BCUT2D eigenvalue weighted by Crippen LogP contribution is -2.24. The van der Waals surface area contributed by atoms with Gasteiger partial charge in [-0.3, -0.25) is 0 Å². The summed E-state index contributed by atoms with van der Waals surface area (Å²) in [7, 11) is 1.70. The zero-order valence-electron chi connectivity index (χ0n) is 12.2. The van der Waals surface area contributed by atoms with Gasteiger partial charge in [0, 0.05) is 18.7 Å². The summed E-state index contributed by atoms with van der Waals surface area (Å²) >= 11 is 0. The number of anilines is 2. The predicted molar refractivity (Wildman–Crippen MR) is 83.3 cm³/mol. The van der Waals surface area contributed by atoms with E-state index in [0.29, 0.717) is 6.04 Å². The second kappa shape index (κ2) is 4.98. The molecular weight excluding hydrogens is 264 g/mol. The van der Waals surface area contributed by atoms with Gasteiger partial charge in [0.2, 0.25) is 0 Å². The zero-order valence-corrected chi connectivity index (χ0v) is 12.2. The lowest BCUT2D eigenvalue weighted by Gasteiger charge is -2.26. The summed E-state index contributed by atoms with van der Waals surface area (Å²) in [5.74, 6) is 3.16. The number of rotatable bonds is 2. The van der Waals surface area contributed by atoms with E-state index in [0.717, 1.165) is 37.5 Å². The maximum absolute atomic E-state index is 5.25. The van der Waals surface area contributed by atoms with Gasteiger partial charge >= 0.3 is 0 Å². The van der Waals surface area contributed by atoms with Crippen LogP contribution in [0.4, 0.5) is 11.6 Å². The van der Waals surface area contributed by atoms with Gasteiger partial charge in [-0.25, -0.2) is 4.68 Å². The Labute approximate surface area is 124 Å². The quantitative estimate of drug-likeness (QED) is 0.890. The summed E-state index contributed by atoms with van der Waals surface area (Å²) in [4.78, 5) is 0. The zero-order chi connectivity index (χ0) is 14.2. The Morgan fingerprint density at radius 1 is 1.19 bits per heavy atom. The molecule has 0 amide bonds. The molecule has 0 saturated carbocycles. The van der Waals surface area contributed by atoms with Crippen molar-refractivity contribution in [2.45, 2.75) is 25.3 Å². The number of ether oxygens (including phenoxy) is 1. The van der Waals surface area contributed by atoms with Gasteiger partial charge in [-0.15, -0.1) is 0 Å². The minimum Gasteiger partial charge on any atom is -0.497 e. The number of nitrogens with zero attached hydrogens (tertiary/aromatic N) is 2. The number of methoxy groups -OCH3 is 1. The first kappa shape index (κ1) is 12.6. The number of hydrogen-bond donors (Lipinski definition) is 2. The van der Waals surface area contributed by atoms with Crippen molar-refractivity contribution in [1.29, 1.82) is 0 Å². The molecule has 2 aliphatic rings. The van der Waals surface area contributed by atoms with Gasteiger partial charge in [0.15, 0.2) is 5.82 Å². The van der Waals surface area contributed by atoms with Crippen molar-refractivity contribution in [3.63, 3.8) is 0 Å². The average molecular weight is 284 g/mol. The van der Waals surface area contributed by atoms with Crippen LogP contribution in [0.3, 0.4) is 0 Å². The topological polar surface area (TPSA) is 51.1 Å².